The largest absolute Gasteiger partial charge is 0.484 e. The van der Waals surface area contributed by atoms with Crippen molar-refractivity contribution in [2.24, 2.45) is 0 Å². The Morgan fingerprint density at radius 2 is 1.62 bits per heavy atom. The molecule has 24 heavy (non-hydrogen) atoms. The maximum absolute atomic E-state index is 13.0. The Bertz CT molecular complexity index is 683. The van der Waals surface area contributed by atoms with E-state index in [0.29, 0.717) is 23.9 Å². The van der Waals surface area contributed by atoms with Crippen LogP contribution in [0.5, 0.6) is 5.75 Å². The van der Waals surface area contributed by atoms with E-state index in [2.05, 4.69) is 4.90 Å². The van der Waals surface area contributed by atoms with Crippen LogP contribution in [0.25, 0.3) is 0 Å². The van der Waals surface area contributed by atoms with E-state index in [-0.39, 0.29) is 18.3 Å². The van der Waals surface area contributed by atoms with Crippen molar-refractivity contribution in [3.8, 4) is 5.75 Å². The summed E-state index contributed by atoms with van der Waals surface area (Å²) in [6.45, 7) is 2.70. The molecular weight excluding hydrogens is 331 g/mol. The SMILES string of the molecule is O=C(COc1ccc(Cl)cc1)N1CCN(c2ccc(F)cc2)CC1. The molecule has 0 aromatic heterocycles. The van der Waals surface area contributed by atoms with Crippen molar-refractivity contribution in [2.45, 2.75) is 0 Å². The summed E-state index contributed by atoms with van der Waals surface area (Å²) in [7, 11) is 0. The molecule has 1 saturated heterocycles. The maximum Gasteiger partial charge on any atom is 0.260 e. The highest BCUT2D eigenvalue weighted by molar-refractivity contribution is 6.30. The van der Waals surface area contributed by atoms with Crippen LogP contribution in [0.1, 0.15) is 0 Å². The van der Waals surface area contributed by atoms with Crippen LogP contribution < -0.4 is 9.64 Å². The number of anilines is 1. The van der Waals surface area contributed by atoms with Gasteiger partial charge in [0.1, 0.15) is 11.6 Å². The molecule has 4 nitrogen and oxygen atoms in total. The molecule has 1 aliphatic rings. The summed E-state index contributed by atoms with van der Waals surface area (Å²) in [5.41, 5.74) is 0.973. The second-order valence-electron chi connectivity index (χ2n) is 5.59. The molecule has 1 fully saturated rings. The molecule has 0 N–H and O–H groups in total. The molecule has 6 heteroatoms. The van der Waals surface area contributed by atoms with Gasteiger partial charge in [-0.15, -0.1) is 0 Å². The summed E-state index contributed by atoms with van der Waals surface area (Å²) in [6.07, 6.45) is 0. The molecule has 0 bridgehead atoms. The van der Waals surface area contributed by atoms with Crippen LogP contribution >= 0.6 is 11.6 Å². The van der Waals surface area contributed by atoms with E-state index in [4.69, 9.17) is 16.3 Å². The Hall–Kier alpha value is -2.27. The molecule has 1 aliphatic heterocycles. The number of hydrogen-bond donors (Lipinski definition) is 0. The minimum Gasteiger partial charge on any atom is -0.484 e. The zero-order chi connectivity index (χ0) is 16.9. The first kappa shape index (κ1) is 16.6. The van der Waals surface area contributed by atoms with Crippen LogP contribution in [-0.2, 0) is 4.79 Å². The van der Waals surface area contributed by atoms with Crippen LogP contribution in [0.3, 0.4) is 0 Å². The average Bonchev–Trinajstić information content (AvgIpc) is 2.62. The minimum atomic E-state index is -0.244. The van der Waals surface area contributed by atoms with Gasteiger partial charge in [0, 0.05) is 36.9 Å². The highest BCUT2D eigenvalue weighted by Crippen LogP contribution is 2.18. The van der Waals surface area contributed by atoms with Gasteiger partial charge in [-0.2, -0.15) is 0 Å². The molecule has 0 atom stereocenters. The van der Waals surface area contributed by atoms with E-state index in [1.165, 1.54) is 12.1 Å². The molecule has 2 aromatic carbocycles. The molecule has 126 valence electrons. The average molecular weight is 349 g/mol. The third-order valence-corrected chi connectivity index (χ3v) is 4.25. The number of carbonyl (C=O) groups excluding carboxylic acids is 1. The van der Waals surface area contributed by atoms with Gasteiger partial charge in [0.25, 0.3) is 5.91 Å². The maximum atomic E-state index is 13.0. The van der Waals surface area contributed by atoms with E-state index >= 15 is 0 Å². The fraction of sp³-hybridized carbons (Fsp3) is 0.278. The van der Waals surface area contributed by atoms with Crippen molar-refractivity contribution < 1.29 is 13.9 Å². The van der Waals surface area contributed by atoms with Gasteiger partial charge < -0.3 is 14.5 Å². The Morgan fingerprint density at radius 1 is 1.00 bits per heavy atom. The lowest BCUT2D eigenvalue weighted by Gasteiger charge is -2.36. The van der Waals surface area contributed by atoms with Crippen molar-refractivity contribution in [2.75, 3.05) is 37.7 Å². The van der Waals surface area contributed by atoms with Crippen LogP contribution in [-0.4, -0.2) is 43.6 Å². The fourth-order valence-electron chi connectivity index (χ4n) is 2.63. The first-order chi connectivity index (χ1) is 11.6. The number of nitrogens with zero attached hydrogens (tertiary/aromatic N) is 2. The lowest BCUT2D eigenvalue weighted by Crippen LogP contribution is -2.50. The van der Waals surface area contributed by atoms with Crippen molar-refractivity contribution in [1.82, 2.24) is 4.90 Å². The van der Waals surface area contributed by atoms with Gasteiger partial charge in [0.15, 0.2) is 6.61 Å². The highest BCUT2D eigenvalue weighted by Gasteiger charge is 2.21. The number of piperazine rings is 1. The predicted molar refractivity (Wildman–Crippen MR) is 92.1 cm³/mol. The van der Waals surface area contributed by atoms with E-state index in [0.717, 1.165) is 18.8 Å². The van der Waals surface area contributed by atoms with Gasteiger partial charge in [0.2, 0.25) is 0 Å². The van der Waals surface area contributed by atoms with E-state index < -0.39 is 0 Å². The van der Waals surface area contributed by atoms with Gasteiger partial charge in [-0.1, -0.05) is 11.6 Å². The lowest BCUT2D eigenvalue weighted by atomic mass is 10.2. The number of amides is 1. The van der Waals surface area contributed by atoms with Crippen LogP contribution in [0, 0.1) is 5.82 Å². The Kier molecular flexibility index (Phi) is 5.20. The molecule has 0 radical (unpaired) electrons. The fourth-order valence-corrected chi connectivity index (χ4v) is 2.76. The second-order valence-corrected chi connectivity index (χ2v) is 6.02. The Morgan fingerprint density at radius 3 is 2.25 bits per heavy atom. The third kappa shape index (κ3) is 4.17. The van der Waals surface area contributed by atoms with E-state index in [1.54, 1.807) is 41.3 Å². The standard InChI is InChI=1S/C18H18ClFN2O2/c19-14-1-7-17(8-2-14)24-13-18(23)22-11-9-21(10-12-22)16-5-3-15(20)4-6-16/h1-8H,9-13H2. The topological polar surface area (TPSA) is 32.8 Å². The monoisotopic (exact) mass is 348 g/mol. The van der Waals surface area contributed by atoms with E-state index in [1.807, 2.05) is 0 Å². The first-order valence-electron chi connectivity index (χ1n) is 7.78. The van der Waals surface area contributed by atoms with Gasteiger partial charge in [-0.3, -0.25) is 4.79 Å². The van der Waals surface area contributed by atoms with Crippen molar-refractivity contribution in [3.05, 3.63) is 59.4 Å². The number of carbonyl (C=O) groups is 1. The van der Waals surface area contributed by atoms with Crippen LogP contribution in [0.2, 0.25) is 5.02 Å². The molecule has 0 aliphatic carbocycles. The van der Waals surface area contributed by atoms with Crippen molar-refractivity contribution >= 4 is 23.2 Å². The molecular formula is C18H18ClFN2O2. The summed E-state index contributed by atoms with van der Waals surface area (Å²) in [4.78, 5) is 16.2. The first-order valence-corrected chi connectivity index (χ1v) is 8.16. The zero-order valence-electron chi connectivity index (χ0n) is 13.1. The smallest absolute Gasteiger partial charge is 0.260 e. The minimum absolute atomic E-state index is 0.0121. The summed E-state index contributed by atoms with van der Waals surface area (Å²) >= 11 is 5.81. The van der Waals surface area contributed by atoms with Crippen molar-refractivity contribution in [1.29, 1.82) is 0 Å². The summed E-state index contributed by atoms with van der Waals surface area (Å²) in [6, 6.07) is 13.3. The molecule has 2 aromatic rings. The third-order valence-electron chi connectivity index (χ3n) is 4.00. The summed E-state index contributed by atoms with van der Waals surface area (Å²) < 4.78 is 18.5. The normalized spacial score (nSPS) is 14.6. The molecule has 3 rings (SSSR count). The number of ether oxygens (including phenoxy) is 1. The number of halogens is 2. The van der Waals surface area contributed by atoms with Crippen molar-refractivity contribution in [3.63, 3.8) is 0 Å². The zero-order valence-corrected chi connectivity index (χ0v) is 13.9. The number of benzene rings is 2. The van der Waals surface area contributed by atoms with Crippen LogP contribution in [0.4, 0.5) is 10.1 Å². The Balaban J connectivity index is 1.48. The lowest BCUT2D eigenvalue weighted by molar-refractivity contribution is -0.133. The second kappa shape index (κ2) is 7.53. The summed E-state index contributed by atoms with van der Waals surface area (Å²) in [5.74, 6) is 0.341. The molecule has 1 heterocycles. The number of hydrogen-bond acceptors (Lipinski definition) is 3. The van der Waals surface area contributed by atoms with Gasteiger partial charge in [-0.05, 0) is 48.5 Å². The highest BCUT2D eigenvalue weighted by atomic mass is 35.5. The van der Waals surface area contributed by atoms with Gasteiger partial charge in [0.05, 0.1) is 0 Å². The molecule has 0 unspecified atom stereocenters. The summed E-state index contributed by atoms with van der Waals surface area (Å²) in [5, 5.41) is 0.630. The quantitative estimate of drug-likeness (QED) is 0.850. The molecule has 1 amide bonds. The Labute approximate surface area is 145 Å². The molecule has 0 spiro atoms. The number of rotatable bonds is 4. The van der Waals surface area contributed by atoms with E-state index in [9.17, 15) is 9.18 Å². The van der Waals surface area contributed by atoms with Gasteiger partial charge in [-0.25, -0.2) is 4.39 Å². The predicted octanol–water partition coefficient (Wildman–Crippen LogP) is 3.21. The van der Waals surface area contributed by atoms with Gasteiger partial charge >= 0.3 is 0 Å². The molecule has 0 saturated carbocycles. The van der Waals surface area contributed by atoms with Crippen LogP contribution in [0.15, 0.2) is 48.5 Å².